The van der Waals surface area contributed by atoms with Crippen molar-refractivity contribution < 1.29 is 29.3 Å². The van der Waals surface area contributed by atoms with E-state index in [1.807, 2.05) is 42.1 Å². The zero-order valence-electron chi connectivity index (χ0n) is 17.1. The number of benzene rings is 2. The molecule has 0 aliphatic carbocycles. The van der Waals surface area contributed by atoms with E-state index in [4.69, 9.17) is 29.3 Å². The van der Waals surface area contributed by atoms with Gasteiger partial charge in [-0.1, -0.05) is 36.4 Å². The molecule has 0 saturated heterocycles. The predicted molar refractivity (Wildman–Crippen MR) is 123 cm³/mol. The van der Waals surface area contributed by atoms with Crippen molar-refractivity contribution in [2.45, 2.75) is 15.8 Å². The Hall–Kier alpha value is -2.62. The Morgan fingerprint density at radius 2 is 1.87 bits per heavy atom. The van der Waals surface area contributed by atoms with Crippen LogP contribution in [0.15, 0.2) is 70.5 Å². The van der Waals surface area contributed by atoms with E-state index in [0.717, 1.165) is 34.4 Å². The lowest BCUT2D eigenvalue weighted by Gasteiger charge is -2.17. The molecule has 0 bridgehead atoms. The van der Waals surface area contributed by atoms with Crippen LogP contribution < -0.4 is 14.8 Å². The van der Waals surface area contributed by atoms with Crippen LogP contribution in [-0.4, -0.2) is 60.0 Å². The van der Waals surface area contributed by atoms with Crippen molar-refractivity contribution in [1.82, 2.24) is 5.32 Å². The van der Waals surface area contributed by atoms with E-state index >= 15 is 0 Å². The summed E-state index contributed by atoms with van der Waals surface area (Å²) >= 11 is 3.60. The molecular formula is C22H25NO6S2. The number of hydrogen-bond acceptors (Lipinski definition) is 7. The number of aliphatic carboxylic acids is 2. The molecule has 2 aromatic rings. The van der Waals surface area contributed by atoms with Crippen LogP contribution in [0, 0.1) is 0 Å². The SMILES string of the molecule is C=C(CN[C@@H]1COc2ccccc2SC1)CSc1ccccc1OC.O=C(O)C(=O)O. The van der Waals surface area contributed by atoms with Crippen molar-refractivity contribution in [2.24, 2.45) is 0 Å². The standard InChI is InChI=1S/C20H23NO2S2.C2H2O4/c1-15(13-24-19-9-5-3-7-17(19)22-2)11-21-16-12-23-18-8-4-6-10-20(18)25-14-16;3-1(4)2(5)6/h3-10,16,21H,1,11-14H2,2H3;(H,3,4)(H,5,6)/t16-;/m1./s1. The fourth-order valence-corrected chi connectivity index (χ4v) is 4.46. The molecule has 0 saturated carbocycles. The van der Waals surface area contributed by atoms with Crippen molar-refractivity contribution >= 4 is 35.5 Å². The summed E-state index contributed by atoms with van der Waals surface area (Å²) < 4.78 is 11.3. The maximum Gasteiger partial charge on any atom is 0.414 e. The maximum atomic E-state index is 9.10. The van der Waals surface area contributed by atoms with Gasteiger partial charge in [-0.05, 0) is 24.3 Å². The molecule has 1 aliphatic heterocycles. The molecule has 0 unspecified atom stereocenters. The molecule has 166 valence electrons. The summed E-state index contributed by atoms with van der Waals surface area (Å²) in [6.07, 6.45) is 0. The first-order valence-electron chi connectivity index (χ1n) is 9.37. The largest absolute Gasteiger partial charge is 0.496 e. The second-order valence-electron chi connectivity index (χ2n) is 6.45. The fourth-order valence-electron chi connectivity index (χ4n) is 2.49. The average molecular weight is 464 g/mol. The lowest BCUT2D eigenvalue weighted by molar-refractivity contribution is -0.159. The van der Waals surface area contributed by atoms with Gasteiger partial charge in [-0.2, -0.15) is 0 Å². The summed E-state index contributed by atoms with van der Waals surface area (Å²) in [5, 5.41) is 18.4. The summed E-state index contributed by atoms with van der Waals surface area (Å²) in [6, 6.07) is 16.6. The number of carbonyl (C=O) groups is 2. The Labute approximate surface area is 189 Å². The normalized spacial score (nSPS) is 14.7. The lowest BCUT2D eigenvalue weighted by atomic mass is 10.3. The van der Waals surface area contributed by atoms with Gasteiger partial charge in [0.15, 0.2) is 0 Å². The van der Waals surface area contributed by atoms with E-state index in [0.29, 0.717) is 12.6 Å². The molecule has 0 radical (unpaired) electrons. The molecule has 3 N–H and O–H groups in total. The summed E-state index contributed by atoms with van der Waals surface area (Å²) in [5.74, 6) is 0.130. The highest BCUT2D eigenvalue weighted by Crippen LogP contribution is 2.32. The van der Waals surface area contributed by atoms with Crippen LogP contribution in [0.25, 0.3) is 0 Å². The Morgan fingerprint density at radius 1 is 1.19 bits per heavy atom. The summed E-state index contributed by atoms with van der Waals surface area (Å²) in [5.41, 5.74) is 1.17. The molecule has 0 amide bonds. The highest BCUT2D eigenvalue weighted by Gasteiger charge is 2.17. The van der Waals surface area contributed by atoms with Gasteiger partial charge in [0.1, 0.15) is 18.1 Å². The first-order chi connectivity index (χ1) is 14.9. The van der Waals surface area contributed by atoms with E-state index < -0.39 is 11.9 Å². The van der Waals surface area contributed by atoms with Gasteiger partial charge >= 0.3 is 11.9 Å². The quantitative estimate of drug-likeness (QED) is 0.322. The van der Waals surface area contributed by atoms with Crippen LogP contribution in [0.1, 0.15) is 0 Å². The zero-order chi connectivity index (χ0) is 22.6. The van der Waals surface area contributed by atoms with Crippen LogP contribution >= 0.6 is 23.5 Å². The number of thioether (sulfide) groups is 2. The molecule has 0 spiro atoms. The minimum atomic E-state index is -1.82. The summed E-state index contributed by atoms with van der Waals surface area (Å²) in [7, 11) is 1.71. The molecule has 7 nitrogen and oxygen atoms in total. The topological polar surface area (TPSA) is 105 Å². The number of fused-ring (bicyclic) bond motifs is 1. The van der Waals surface area contributed by atoms with Crippen molar-refractivity contribution in [3.8, 4) is 11.5 Å². The molecule has 0 fully saturated rings. The smallest absolute Gasteiger partial charge is 0.414 e. The van der Waals surface area contributed by atoms with Crippen molar-refractivity contribution in [3.63, 3.8) is 0 Å². The van der Waals surface area contributed by atoms with Crippen molar-refractivity contribution in [2.75, 3.05) is 31.8 Å². The predicted octanol–water partition coefficient (Wildman–Crippen LogP) is 3.64. The highest BCUT2D eigenvalue weighted by molar-refractivity contribution is 7.99. The lowest BCUT2D eigenvalue weighted by Crippen LogP contribution is -2.37. The van der Waals surface area contributed by atoms with Gasteiger partial charge in [-0.3, -0.25) is 0 Å². The zero-order valence-corrected chi connectivity index (χ0v) is 18.7. The number of methoxy groups -OCH3 is 1. The van der Waals surface area contributed by atoms with Gasteiger partial charge < -0.3 is 25.0 Å². The summed E-state index contributed by atoms with van der Waals surface area (Å²) in [6.45, 7) is 5.69. The molecule has 3 rings (SSSR count). The van der Waals surface area contributed by atoms with Crippen molar-refractivity contribution in [1.29, 1.82) is 0 Å². The Balaban J connectivity index is 0.000000501. The Kier molecular flexibility index (Phi) is 10.3. The first-order valence-corrected chi connectivity index (χ1v) is 11.3. The fraction of sp³-hybridized carbons (Fsp3) is 0.273. The van der Waals surface area contributed by atoms with Gasteiger partial charge in [0.2, 0.25) is 0 Å². The molecular weight excluding hydrogens is 438 g/mol. The van der Waals surface area contributed by atoms with Crippen LogP contribution in [0.2, 0.25) is 0 Å². The Morgan fingerprint density at radius 3 is 2.58 bits per heavy atom. The van der Waals surface area contributed by atoms with Crippen molar-refractivity contribution in [3.05, 3.63) is 60.7 Å². The number of ether oxygens (including phenoxy) is 2. The highest BCUT2D eigenvalue weighted by atomic mass is 32.2. The van der Waals surface area contributed by atoms with Gasteiger partial charge in [0.05, 0.1) is 13.2 Å². The van der Waals surface area contributed by atoms with Crippen LogP contribution in [-0.2, 0) is 9.59 Å². The third-order valence-corrected chi connectivity index (χ3v) is 6.47. The number of para-hydroxylation sites is 2. The Bertz CT molecular complexity index is 866. The third kappa shape index (κ3) is 8.56. The summed E-state index contributed by atoms with van der Waals surface area (Å²) in [4.78, 5) is 20.6. The molecule has 1 atom stereocenters. The van der Waals surface area contributed by atoms with Crippen LogP contribution in [0.3, 0.4) is 0 Å². The number of carboxylic acids is 2. The minimum Gasteiger partial charge on any atom is -0.496 e. The van der Waals surface area contributed by atoms with Gasteiger partial charge in [-0.15, -0.1) is 23.5 Å². The number of hydrogen-bond donors (Lipinski definition) is 3. The van der Waals surface area contributed by atoms with E-state index in [1.54, 1.807) is 18.9 Å². The number of nitrogens with one attached hydrogen (secondary N) is 1. The van der Waals surface area contributed by atoms with Gasteiger partial charge in [-0.25, -0.2) is 9.59 Å². The van der Waals surface area contributed by atoms with Crippen LogP contribution in [0.5, 0.6) is 11.5 Å². The third-order valence-electron chi connectivity index (χ3n) is 4.05. The van der Waals surface area contributed by atoms with Gasteiger partial charge in [0.25, 0.3) is 0 Å². The molecule has 1 aliphatic rings. The second kappa shape index (κ2) is 12.9. The van der Waals surface area contributed by atoms with E-state index in [2.05, 4.69) is 30.1 Å². The molecule has 31 heavy (non-hydrogen) atoms. The molecule has 1 heterocycles. The first kappa shape index (κ1) is 24.6. The van der Waals surface area contributed by atoms with E-state index in [9.17, 15) is 0 Å². The average Bonchev–Trinajstić information content (AvgIpc) is 2.99. The number of rotatable bonds is 7. The van der Waals surface area contributed by atoms with Gasteiger partial charge in [0, 0.05) is 27.8 Å². The van der Waals surface area contributed by atoms with E-state index in [-0.39, 0.29) is 0 Å². The monoisotopic (exact) mass is 463 g/mol. The number of carboxylic acid groups (broad SMARTS) is 2. The minimum absolute atomic E-state index is 0.324. The van der Waals surface area contributed by atoms with Crippen LogP contribution in [0.4, 0.5) is 0 Å². The molecule has 0 aromatic heterocycles. The molecule has 9 heteroatoms. The second-order valence-corrected chi connectivity index (χ2v) is 8.53. The van der Waals surface area contributed by atoms with E-state index in [1.165, 1.54) is 10.5 Å². The molecule has 2 aromatic carbocycles. The maximum absolute atomic E-state index is 9.10.